The van der Waals surface area contributed by atoms with Crippen LogP contribution in [0.5, 0.6) is 0 Å². The zero-order chi connectivity index (χ0) is 11.3. The third-order valence-corrected chi connectivity index (χ3v) is 2.87. The Morgan fingerprint density at radius 3 is 2.87 bits per heavy atom. The van der Waals surface area contributed by atoms with E-state index >= 15 is 0 Å². The van der Waals surface area contributed by atoms with Crippen molar-refractivity contribution in [3.05, 3.63) is 16.1 Å². The van der Waals surface area contributed by atoms with E-state index in [1.165, 1.54) is 0 Å². The standard InChI is InChI=1S/C11H18N2OS/c1-8(2)4-5-12-11(14)6-10-7-15-9(3)13-10/h7-8H,4-6H2,1-3H3,(H,12,14). The van der Waals surface area contributed by atoms with Crippen LogP contribution in [0.2, 0.25) is 0 Å². The fraction of sp³-hybridized carbons (Fsp3) is 0.636. The second-order valence-electron chi connectivity index (χ2n) is 4.07. The van der Waals surface area contributed by atoms with Gasteiger partial charge >= 0.3 is 0 Å². The largest absolute Gasteiger partial charge is 0.356 e. The molecule has 0 radical (unpaired) electrons. The average molecular weight is 226 g/mol. The minimum atomic E-state index is 0.0703. The summed E-state index contributed by atoms with van der Waals surface area (Å²) in [5.41, 5.74) is 0.875. The van der Waals surface area contributed by atoms with Crippen molar-refractivity contribution >= 4 is 17.2 Å². The SMILES string of the molecule is Cc1nc(CC(=O)NCCC(C)C)cs1. The van der Waals surface area contributed by atoms with Gasteiger partial charge in [0.25, 0.3) is 0 Å². The molecule has 84 valence electrons. The molecule has 0 fully saturated rings. The van der Waals surface area contributed by atoms with Crippen molar-refractivity contribution in [3.8, 4) is 0 Å². The molecule has 0 bridgehead atoms. The summed E-state index contributed by atoms with van der Waals surface area (Å²) in [6.07, 6.45) is 1.43. The van der Waals surface area contributed by atoms with Gasteiger partial charge in [-0.15, -0.1) is 11.3 Å². The number of aromatic nitrogens is 1. The van der Waals surface area contributed by atoms with E-state index in [1.807, 2.05) is 12.3 Å². The third-order valence-electron chi connectivity index (χ3n) is 2.05. The fourth-order valence-corrected chi connectivity index (χ4v) is 1.83. The van der Waals surface area contributed by atoms with Crippen molar-refractivity contribution in [2.75, 3.05) is 6.54 Å². The summed E-state index contributed by atoms with van der Waals surface area (Å²) in [6.45, 7) is 7.01. The van der Waals surface area contributed by atoms with Crippen LogP contribution < -0.4 is 5.32 Å². The molecule has 0 unspecified atom stereocenters. The van der Waals surface area contributed by atoms with Crippen LogP contribution in [0.1, 0.15) is 31.0 Å². The van der Waals surface area contributed by atoms with Crippen LogP contribution in [0.3, 0.4) is 0 Å². The Morgan fingerprint density at radius 1 is 1.60 bits per heavy atom. The Balaban J connectivity index is 2.24. The second kappa shape index (κ2) is 5.85. The number of nitrogens with zero attached hydrogens (tertiary/aromatic N) is 1. The monoisotopic (exact) mass is 226 g/mol. The molecule has 1 aromatic heterocycles. The highest BCUT2D eigenvalue weighted by Crippen LogP contribution is 2.08. The summed E-state index contributed by atoms with van der Waals surface area (Å²) in [5.74, 6) is 0.702. The molecule has 1 N–H and O–H groups in total. The number of nitrogens with one attached hydrogen (secondary N) is 1. The van der Waals surface area contributed by atoms with Gasteiger partial charge in [0.1, 0.15) is 0 Å². The van der Waals surface area contributed by atoms with E-state index in [4.69, 9.17) is 0 Å². The molecule has 0 aromatic carbocycles. The zero-order valence-corrected chi connectivity index (χ0v) is 10.4. The number of thiazole rings is 1. The normalized spacial score (nSPS) is 10.7. The summed E-state index contributed by atoms with van der Waals surface area (Å²) in [4.78, 5) is 15.7. The minimum Gasteiger partial charge on any atom is -0.356 e. The molecule has 0 aliphatic rings. The maximum atomic E-state index is 11.5. The van der Waals surface area contributed by atoms with Crippen molar-refractivity contribution in [2.45, 2.75) is 33.6 Å². The van der Waals surface area contributed by atoms with Gasteiger partial charge in [0.15, 0.2) is 0 Å². The van der Waals surface area contributed by atoms with E-state index in [2.05, 4.69) is 24.1 Å². The number of amides is 1. The summed E-state index contributed by atoms with van der Waals surface area (Å²) in [5, 5.41) is 5.85. The highest BCUT2D eigenvalue weighted by molar-refractivity contribution is 7.09. The molecular weight excluding hydrogens is 208 g/mol. The van der Waals surface area contributed by atoms with Gasteiger partial charge in [-0.2, -0.15) is 0 Å². The van der Waals surface area contributed by atoms with Crippen molar-refractivity contribution in [2.24, 2.45) is 5.92 Å². The first-order chi connectivity index (χ1) is 7.08. The first-order valence-electron chi connectivity index (χ1n) is 5.25. The van der Waals surface area contributed by atoms with Gasteiger partial charge < -0.3 is 5.32 Å². The molecule has 0 aliphatic carbocycles. The fourth-order valence-electron chi connectivity index (χ4n) is 1.22. The Labute approximate surface area is 94.9 Å². The van der Waals surface area contributed by atoms with Gasteiger partial charge in [-0.05, 0) is 19.3 Å². The third kappa shape index (κ3) is 4.93. The van der Waals surface area contributed by atoms with Gasteiger partial charge in [0.05, 0.1) is 17.1 Å². The van der Waals surface area contributed by atoms with Gasteiger partial charge in [-0.3, -0.25) is 4.79 Å². The zero-order valence-electron chi connectivity index (χ0n) is 9.54. The molecule has 0 saturated carbocycles. The lowest BCUT2D eigenvalue weighted by atomic mass is 10.1. The van der Waals surface area contributed by atoms with Crippen LogP contribution >= 0.6 is 11.3 Å². The molecule has 4 heteroatoms. The number of rotatable bonds is 5. The Kier molecular flexibility index (Phi) is 4.75. The summed E-state index contributed by atoms with van der Waals surface area (Å²) < 4.78 is 0. The second-order valence-corrected chi connectivity index (χ2v) is 5.13. The molecule has 0 aliphatic heterocycles. The molecule has 0 atom stereocenters. The lowest BCUT2D eigenvalue weighted by Crippen LogP contribution is -2.26. The van der Waals surface area contributed by atoms with E-state index in [0.29, 0.717) is 12.3 Å². The molecule has 3 nitrogen and oxygen atoms in total. The number of aryl methyl sites for hydroxylation is 1. The molecule has 0 saturated heterocycles. The first-order valence-corrected chi connectivity index (χ1v) is 6.13. The van der Waals surface area contributed by atoms with Crippen LogP contribution in [-0.2, 0) is 11.2 Å². The molecule has 1 heterocycles. The van der Waals surface area contributed by atoms with E-state index in [9.17, 15) is 4.79 Å². The van der Waals surface area contributed by atoms with Crippen LogP contribution in [0, 0.1) is 12.8 Å². The lowest BCUT2D eigenvalue weighted by Gasteiger charge is -2.05. The maximum absolute atomic E-state index is 11.5. The molecular formula is C11H18N2OS. The Hall–Kier alpha value is -0.900. The van der Waals surface area contributed by atoms with Gasteiger partial charge in [0, 0.05) is 11.9 Å². The highest BCUT2D eigenvalue weighted by atomic mass is 32.1. The number of hydrogen-bond acceptors (Lipinski definition) is 3. The predicted molar refractivity (Wildman–Crippen MR) is 63.0 cm³/mol. The number of carbonyl (C=O) groups is 1. The van der Waals surface area contributed by atoms with E-state index in [-0.39, 0.29) is 5.91 Å². The molecule has 1 aromatic rings. The first kappa shape index (κ1) is 12.2. The average Bonchev–Trinajstić information content (AvgIpc) is 2.50. The summed E-state index contributed by atoms with van der Waals surface area (Å²) in [7, 11) is 0. The maximum Gasteiger partial charge on any atom is 0.226 e. The van der Waals surface area contributed by atoms with Crippen LogP contribution in [0.15, 0.2) is 5.38 Å². The predicted octanol–water partition coefficient (Wildman–Crippen LogP) is 2.16. The molecule has 0 spiro atoms. The van der Waals surface area contributed by atoms with Crippen LogP contribution in [0.25, 0.3) is 0 Å². The van der Waals surface area contributed by atoms with E-state index < -0.39 is 0 Å². The van der Waals surface area contributed by atoms with Gasteiger partial charge in [0.2, 0.25) is 5.91 Å². The van der Waals surface area contributed by atoms with Crippen molar-refractivity contribution in [3.63, 3.8) is 0 Å². The number of carbonyl (C=O) groups excluding carboxylic acids is 1. The number of hydrogen-bond donors (Lipinski definition) is 1. The van der Waals surface area contributed by atoms with Crippen LogP contribution in [-0.4, -0.2) is 17.4 Å². The van der Waals surface area contributed by atoms with Crippen molar-refractivity contribution in [1.82, 2.24) is 10.3 Å². The summed E-state index contributed by atoms with van der Waals surface area (Å²) in [6, 6.07) is 0. The van der Waals surface area contributed by atoms with E-state index in [1.54, 1.807) is 11.3 Å². The van der Waals surface area contributed by atoms with Crippen LogP contribution in [0.4, 0.5) is 0 Å². The molecule has 1 amide bonds. The lowest BCUT2D eigenvalue weighted by molar-refractivity contribution is -0.120. The summed E-state index contributed by atoms with van der Waals surface area (Å²) >= 11 is 1.58. The molecule has 15 heavy (non-hydrogen) atoms. The molecule has 1 rings (SSSR count). The quantitative estimate of drug-likeness (QED) is 0.836. The Morgan fingerprint density at radius 2 is 2.33 bits per heavy atom. The smallest absolute Gasteiger partial charge is 0.226 e. The van der Waals surface area contributed by atoms with Crippen molar-refractivity contribution < 1.29 is 4.79 Å². The Bertz CT molecular complexity index is 320. The van der Waals surface area contributed by atoms with Crippen molar-refractivity contribution in [1.29, 1.82) is 0 Å². The van der Waals surface area contributed by atoms with E-state index in [0.717, 1.165) is 23.7 Å². The minimum absolute atomic E-state index is 0.0703. The van der Waals surface area contributed by atoms with Gasteiger partial charge in [-0.25, -0.2) is 4.98 Å². The topological polar surface area (TPSA) is 42.0 Å². The van der Waals surface area contributed by atoms with Gasteiger partial charge in [-0.1, -0.05) is 13.8 Å². The highest BCUT2D eigenvalue weighted by Gasteiger charge is 2.05.